The number of benzene rings is 2. The Morgan fingerprint density at radius 2 is 1.46 bits per heavy atom. The number of ether oxygens (including phenoxy) is 1. The van der Waals surface area contributed by atoms with Crippen molar-refractivity contribution in [2.75, 3.05) is 44.6 Å². The van der Waals surface area contributed by atoms with Crippen molar-refractivity contribution in [2.45, 2.75) is 77.2 Å². The van der Waals surface area contributed by atoms with Gasteiger partial charge in [-0.3, -0.25) is 9.59 Å². The Kier molecular flexibility index (Phi) is 20.2. The number of hydrogen-bond acceptors (Lipinski definition) is 8. The molecule has 1 aliphatic rings. The predicted molar refractivity (Wildman–Crippen MR) is 179 cm³/mol. The molecular weight excluding hydrogens is 706 g/mol. The van der Waals surface area contributed by atoms with Crippen LogP contribution in [0.3, 0.4) is 0 Å². The number of halogens is 6. The lowest BCUT2D eigenvalue weighted by Gasteiger charge is -2.30. The van der Waals surface area contributed by atoms with Crippen molar-refractivity contribution in [3.05, 3.63) is 53.6 Å². The highest BCUT2D eigenvalue weighted by molar-refractivity contribution is 5.97. The van der Waals surface area contributed by atoms with E-state index in [0.29, 0.717) is 50.5 Å². The van der Waals surface area contributed by atoms with Gasteiger partial charge in [0.25, 0.3) is 5.91 Å². The Balaban J connectivity index is 0.000000812. The molecule has 0 aromatic heterocycles. The van der Waals surface area contributed by atoms with Crippen LogP contribution in [0.1, 0.15) is 57.1 Å². The molecule has 1 aliphatic heterocycles. The number of alkyl halides is 6. The number of aliphatic carboxylic acids is 2. The molecule has 0 saturated carbocycles. The van der Waals surface area contributed by atoms with Crippen LogP contribution in [0.15, 0.2) is 42.5 Å². The van der Waals surface area contributed by atoms with E-state index in [-0.39, 0.29) is 30.2 Å². The third-order valence-electron chi connectivity index (χ3n) is 7.44. The SMILES string of the molecule is CCCCC[C@@H](C)N(CCNCCc1ccc(O)c2c1OCC(=O)N2)C(=O)CCNCCc1ccccc1.O=C(O)C(F)(F)F.O=C(O)C(F)(F)F. The molecule has 18 heteroatoms. The number of carbonyl (C=O) groups is 4. The molecule has 2 amide bonds. The van der Waals surface area contributed by atoms with Crippen molar-refractivity contribution in [1.82, 2.24) is 15.5 Å². The van der Waals surface area contributed by atoms with Crippen LogP contribution in [0, 0.1) is 0 Å². The normalized spacial score (nSPS) is 12.8. The number of nitrogens with one attached hydrogen (secondary N) is 3. The first-order valence-corrected chi connectivity index (χ1v) is 16.5. The maximum atomic E-state index is 13.1. The molecule has 1 atom stereocenters. The van der Waals surface area contributed by atoms with Crippen molar-refractivity contribution in [2.24, 2.45) is 0 Å². The van der Waals surface area contributed by atoms with E-state index in [1.807, 2.05) is 17.0 Å². The molecular formula is C34H46F6N4O8. The van der Waals surface area contributed by atoms with Crippen LogP contribution < -0.4 is 20.7 Å². The zero-order chi connectivity index (χ0) is 39.3. The third-order valence-corrected chi connectivity index (χ3v) is 7.44. The van der Waals surface area contributed by atoms with Gasteiger partial charge in [0.2, 0.25) is 5.91 Å². The lowest BCUT2D eigenvalue weighted by atomic mass is 10.1. The minimum absolute atomic E-state index is 0.00512. The maximum Gasteiger partial charge on any atom is 0.490 e. The van der Waals surface area contributed by atoms with Crippen LogP contribution in [-0.4, -0.2) is 102 Å². The van der Waals surface area contributed by atoms with E-state index in [4.69, 9.17) is 24.5 Å². The Morgan fingerprint density at radius 1 is 0.885 bits per heavy atom. The minimum Gasteiger partial charge on any atom is -0.506 e. The Morgan fingerprint density at radius 3 is 2.04 bits per heavy atom. The predicted octanol–water partition coefficient (Wildman–Crippen LogP) is 5.14. The molecule has 0 bridgehead atoms. The number of carboxylic acids is 2. The number of anilines is 1. The molecule has 0 aliphatic carbocycles. The van der Waals surface area contributed by atoms with Crippen LogP contribution in [-0.2, 0) is 32.0 Å². The van der Waals surface area contributed by atoms with Crippen LogP contribution in [0.2, 0.25) is 0 Å². The third kappa shape index (κ3) is 18.1. The number of unbranched alkanes of at least 4 members (excludes halogenated alkanes) is 2. The molecule has 0 fully saturated rings. The zero-order valence-electron chi connectivity index (χ0n) is 28.9. The molecule has 3 rings (SSSR count). The highest BCUT2D eigenvalue weighted by atomic mass is 19.4. The van der Waals surface area contributed by atoms with Gasteiger partial charge in [-0.05, 0) is 56.5 Å². The van der Waals surface area contributed by atoms with E-state index in [1.165, 1.54) is 18.4 Å². The van der Waals surface area contributed by atoms with Crippen LogP contribution >= 0.6 is 0 Å². The summed E-state index contributed by atoms with van der Waals surface area (Å²) in [6, 6.07) is 14.0. The van der Waals surface area contributed by atoms with Gasteiger partial charge < -0.3 is 40.9 Å². The smallest absolute Gasteiger partial charge is 0.490 e. The minimum atomic E-state index is -5.08. The van der Waals surface area contributed by atoms with E-state index in [2.05, 4.69) is 54.1 Å². The van der Waals surface area contributed by atoms with Crippen molar-refractivity contribution in [3.63, 3.8) is 0 Å². The first-order chi connectivity index (χ1) is 24.4. The average Bonchev–Trinajstić information content (AvgIpc) is 3.07. The Labute approximate surface area is 297 Å². The van der Waals surface area contributed by atoms with E-state index in [1.54, 1.807) is 6.07 Å². The molecule has 0 radical (unpaired) electrons. The van der Waals surface area contributed by atoms with Gasteiger partial charge in [0.05, 0.1) is 0 Å². The van der Waals surface area contributed by atoms with E-state index in [9.17, 15) is 41.0 Å². The van der Waals surface area contributed by atoms with Crippen molar-refractivity contribution in [1.29, 1.82) is 0 Å². The summed E-state index contributed by atoms with van der Waals surface area (Å²) in [6.45, 7) is 7.90. The number of carbonyl (C=O) groups excluding carboxylic acids is 2. The molecule has 52 heavy (non-hydrogen) atoms. The lowest BCUT2D eigenvalue weighted by Crippen LogP contribution is -2.43. The topological polar surface area (TPSA) is 178 Å². The fraction of sp³-hybridized carbons (Fsp3) is 0.529. The number of aromatic hydroxyl groups is 1. The second kappa shape index (κ2) is 23.1. The van der Waals surface area contributed by atoms with Gasteiger partial charge in [0.15, 0.2) is 12.4 Å². The monoisotopic (exact) mass is 752 g/mol. The standard InChI is InChI=1S/C30H44N4O4.2C2HF3O2/c1-3-4-6-9-23(2)34(28(37)16-19-31-17-14-24-10-7-5-8-11-24)21-20-32-18-15-25-12-13-26(35)29-30(25)38-22-27(36)33-29;2*3-2(4,5)1(6)7/h5,7-8,10-13,23,31-32,35H,3-4,6,9,14-22H2,1-2H3,(H,33,36);2*(H,6,7)/t23-;;/m1../s1. The molecule has 292 valence electrons. The molecule has 12 nitrogen and oxygen atoms in total. The van der Waals surface area contributed by atoms with Gasteiger partial charge in [0.1, 0.15) is 11.4 Å². The largest absolute Gasteiger partial charge is 0.506 e. The van der Waals surface area contributed by atoms with Gasteiger partial charge >= 0.3 is 24.3 Å². The summed E-state index contributed by atoms with van der Waals surface area (Å²) < 4.78 is 69.0. The van der Waals surface area contributed by atoms with Gasteiger partial charge in [-0.15, -0.1) is 0 Å². The van der Waals surface area contributed by atoms with Gasteiger partial charge in [-0.25, -0.2) is 9.59 Å². The number of phenols is 1. The van der Waals surface area contributed by atoms with E-state index >= 15 is 0 Å². The molecule has 1 heterocycles. The first-order valence-electron chi connectivity index (χ1n) is 16.5. The summed E-state index contributed by atoms with van der Waals surface area (Å²) in [5.74, 6) is -5.05. The average molecular weight is 753 g/mol. The summed E-state index contributed by atoms with van der Waals surface area (Å²) >= 11 is 0. The molecule has 2 aromatic rings. The number of hydrogen-bond donors (Lipinski definition) is 6. The summed E-state index contributed by atoms with van der Waals surface area (Å²) in [4.78, 5) is 44.6. The fourth-order valence-corrected chi connectivity index (χ4v) is 4.74. The lowest BCUT2D eigenvalue weighted by molar-refractivity contribution is -0.193. The Hall–Kier alpha value is -4.58. The number of fused-ring (bicyclic) bond motifs is 1. The zero-order valence-corrected chi connectivity index (χ0v) is 28.9. The fourth-order valence-electron chi connectivity index (χ4n) is 4.74. The summed E-state index contributed by atoms with van der Waals surface area (Å²) in [6.07, 6.45) is -3.53. The van der Waals surface area contributed by atoms with Crippen LogP contribution in [0.5, 0.6) is 11.5 Å². The summed E-state index contributed by atoms with van der Waals surface area (Å²) in [7, 11) is 0. The molecule has 0 spiro atoms. The van der Waals surface area contributed by atoms with Crippen LogP contribution in [0.25, 0.3) is 0 Å². The van der Waals surface area contributed by atoms with Crippen molar-refractivity contribution in [3.8, 4) is 11.5 Å². The second-order valence-corrected chi connectivity index (χ2v) is 11.6. The number of carboxylic acid groups (broad SMARTS) is 2. The summed E-state index contributed by atoms with van der Waals surface area (Å²) in [5, 5.41) is 33.8. The highest BCUT2D eigenvalue weighted by Gasteiger charge is 2.39. The van der Waals surface area contributed by atoms with Gasteiger partial charge in [-0.2, -0.15) is 26.3 Å². The Bertz CT molecular complexity index is 1390. The first kappa shape index (κ1) is 45.4. The van der Waals surface area contributed by atoms with E-state index < -0.39 is 24.3 Å². The van der Waals surface area contributed by atoms with Gasteiger partial charge in [-0.1, -0.05) is 62.6 Å². The second-order valence-electron chi connectivity index (χ2n) is 11.6. The number of rotatable bonds is 17. The summed E-state index contributed by atoms with van der Waals surface area (Å²) in [5.41, 5.74) is 2.56. The number of nitrogens with zero attached hydrogens (tertiary/aromatic N) is 1. The van der Waals surface area contributed by atoms with E-state index in [0.717, 1.165) is 31.4 Å². The molecule has 0 unspecified atom stereocenters. The highest BCUT2D eigenvalue weighted by Crippen LogP contribution is 2.39. The number of phenolic OH excluding ortho intramolecular Hbond substituents is 1. The molecule has 2 aromatic carbocycles. The van der Waals surface area contributed by atoms with Crippen molar-refractivity contribution >= 4 is 29.4 Å². The number of amides is 2. The maximum absolute atomic E-state index is 13.1. The molecule has 6 N–H and O–H groups in total. The quantitative estimate of drug-likeness (QED) is 0.0721. The van der Waals surface area contributed by atoms with Crippen molar-refractivity contribution < 1.29 is 65.6 Å². The molecule has 0 saturated heterocycles. The van der Waals surface area contributed by atoms with Crippen LogP contribution in [0.4, 0.5) is 32.0 Å². The van der Waals surface area contributed by atoms with Gasteiger partial charge in [0, 0.05) is 32.1 Å².